The van der Waals surface area contributed by atoms with Crippen molar-refractivity contribution in [2.45, 2.75) is 44.8 Å². The van der Waals surface area contributed by atoms with Gasteiger partial charge in [-0.2, -0.15) is 11.3 Å². The maximum Gasteiger partial charge on any atom is 0.408 e. The molecular formula is C14H22N2O2S. The van der Waals surface area contributed by atoms with Gasteiger partial charge < -0.3 is 15.4 Å². The van der Waals surface area contributed by atoms with Gasteiger partial charge in [0.25, 0.3) is 0 Å². The zero-order chi connectivity index (χ0) is 13.9. The van der Waals surface area contributed by atoms with Crippen LogP contribution in [0.5, 0.6) is 0 Å². The fourth-order valence-electron chi connectivity index (χ4n) is 2.38. The molecule has 1 aliphatic rings. The van der Waals surface area contributed by atoms with Crippen LogP contribution in [-0.2, 0) is 10.3 Å². The van der Waals surface area contributed by atoms with Crippen molar-refractivity contribution >= 4 is 17.4 Å². The zero-order valence-corrected chi connectivity index (χ0v) is 12.6. The van der Waals surface area contributed by atoms with Crippen LogP contribution in [0, 0.1) is 0 Å². The van der Waals surface area contributed by atoms with Gasteiger partial charge in [0.05, 0.1) is 5.54 Å². The van der Waals surface area contributed by atoms with Crippen molar-refractivity contribution in [3.63, 3.8) is 0 Å². The molecule has 1 fully saturated rings. The molecule has 2 heterocycles. The van der Waals surface area contributed by atoms with E-state index in [1.54, 1.807) is 11.3 Å². The number of hydrogen-bond donors (Lipinski definition) is 2. The van der Waals surface area contributed by atoms with Gasteiger partial charge in [-0.1, -0.05) is 0 Å². The topological polar surface area (TPSA) is 50.4 Å². The minimum absolute atomic E-state index is 0.284. The van der Waals surface area contributed by atoms with E-state index < -0.39 is 5.60 Å². The molecule has 0 unspecified atom stereocenters. The first-order chi connectivity index (χ1) is 8.91. The summed E-state index contributed by atoms with van der Waals surface area (Å²) >= 11 is 1.66. The van der Waals surface area contributed by atoms with Crippen molar-refractivity contribution < 1.29 is 9.53 Å². The molecule has 2 rings (SSSR count). The average Bonchev–Trinajstić information content (AvgIpc) is 2.81. The Labute approximate surface area is 118 Å². The lowest BCUT2D eigenvalue weighted by atomic mass is 9.83. The molecule has 0 atom stereocenters. The lowest BCUT2D eigenvalue weighted by molar-refractivity contribution is 0.0427. The highest BCUT2D eigenvalue weighted by Gasteiger charge is 2.36. The Morgan fingerprint density at radius 2 is 2.11 bits per heavy atom. The van der Waals surface area contributed by atoms with E-state index in [1.807, 2.05) is 20.8 Å². The summed E-state index contributed by atoms with van der Waals surface area (Å²) in [5.41, 5.74) is 0.435. The third-order valence-corrected chi connectivity index (χ3v) is 3.95. The summed E-state index contributed by atoms with van der Waals surface area (Å²) in [7, 11) is 0. The summed E-state index contributed by atoms with van der Waals surface area (Å²) in [4.78, 5) is 12.1. The monoisotopic (exact) mass is 282 g/mol. The lowest BCUT2D eigenvalue weighted by Gasteiger charge is -2.38. The summed E-state index contributed by atoms with van der Waals surface area (Å²) in [6.45, 7) is 7.46. The predicted octanol–water partition coefficient (Wildman–Crippen LogP) is 2.85. The molecule has 5 heteroatoms. The highest BCUT2D eigenvalue weighted by molar-refractivity contribution is 7.08. The Bertz CT molecular complexity index is 417. The number of thiophene rings is 1. The highest BCUT2D eigenvalue weighted by Crippen LogP contribution is 2.32. The molecule has 0 spiro atoms. The number of carbonyl (C=O) groups is 1. The molecule has 1 aromatic heterocycles. The Kier molecular flexibility index (Phi) is 4.16. The fraction of sp³-hybridized carbons (Fsp3) is 0.643. The van der Waals surface area contributed by atoms with Crippen LogP contribution in [0.25, 0.3) is 0 Å². The summed E-state index contributed by atoms with van der Waals surface area (Å²) in [5.74, 6) is 0. The first kappa shape index (κ1) is 14.3. The van der Waals surface area contributed by atoms with Crippen molar-refractivity contribution in [3.05, 3.63) is 22.4 Å². The predicted molar refractivity (Wildman–Crippen MR) is 77.5 cm³/mol. The van der Waals surface area contributed by atoms with Gasteiger partial charge in [-0.25, -0.2) is 4.79 Å². The zero-order valence-electron chi connectivity index (χ0n) is 11.8. The van der Waals surface area contributed by atoms with Crippen molar-refractivity contribution in [1.82, 2.24) is 10.6 Å². The number of ether oxygens (including phenoxy) is 1. The molecule has 1 aliphatic heterocycles. The summed E-state index contributed by atoms with van der Waals surface area (Å²) in [6, 6.07) is 2.09. The van der Waals surface area contributed by atoms with Gasteiger partial charge in [0.2, 0.25) is 0 Å². The normalized spacial score (nSPS) is 18.9. The molecule has 19 heavy (non-hydrogen) atoms. The number of nitrogens with one attached hydrogen (secondary N) is 2. The SMILES string of the molecule is CC(C)(C)OC(=O)NC1(c2ccsc2)CCNCC1. The molecule has 4 nitrogen and oxygen atoms in total. The molecule has 0 aliphatic carbocycles. The molecule has 1 saturated heterocycles. The molecule has 0 bridgehead atoms. The van der Waals surface area contributed by atoms with Crippen molar-refractivity contribution in [1.29, 1.82) is 0 Å². The molecule has 106 valence electrons. The van der Waals surface area contributed by atoms with E-state index in [0.717, 1.165) is 25.9 Å². The first-order valence-electron chi connectivity index (χ1n) is 6.66. The summed E-state index contributed by atoms with van der Waals surface area (Å²) < 4.78 is 5.40. The summed E-state index contributed by atoms with van der Waals surface area (Å²) in [6.07, 6.45) is 1.45. The number of carbonyl (C=O) groups excluding carboxylic acids is 1. The van der Waals surface area contributed by atoms with Crippen LogP contribution >= 0.6 is 11.3 Å². The van der Waals surface area contributed by atoms with E-state index in [4.69, 9.17) is 4.74 Å². The van der Waals surface area contributed by atoms with E-state index >= 15 is 0 Å². The van der Waals surface area contributed by atoms with Crippen LogP contribution in [0.4, 0.5) is 4.79 Å². The number of piperidine rings is 1. The molecule has 1 amide bonds. The number of amides is 1. The highest BCUT2D eigenvalue weighted by atomic mass is 32.1. The molecule has 1 aromatic rings. The van der Waals surface area contributed by atoms with Crippen molar-refractivity contribution in [2.75, 3.05) is 13.1 Å². The molecular weight excluding hydrogens is 260 g/mol. The van der Waals surface area contributed by atoms with Gasteiger partial charge in [-0.05, 0) is 69.1 Å². The Morgan fingerprint density at radius 3 is 2.63 bits per heavy atom. The average molecular weight is 282 g/mol. The van der Waals surface area contributed by atoms with Crippen LogP contribution in [0.15, 0.2) is 16.8 Å². The number of alkyl carbamates (subject to hydrolysis) is 1. The van der Waals surface area contributed by atoms with E-state index in [-0.39, 0.29) is 11.6 Å². The van der Waals surface area contributed by atoms with E-state index in [2.05, 4.69) is 27.5 Å². The number of rotatable bonds is 2. The Morgan fingerprint density at radius 1 is 1.42 bits per heavy atom. The fourth-order valence-corrected chi connectivity index (χ4v) is 3.13. The van der Waals surface area contributed by atoms with E-state index in [1.165, 1.54) is 5.56 Å². The smallest absolute Gasteiger partial charge is 0.408 e. The third-order valence-electron chi connectivity index (χ3n) is 3.27. The minimum Gasteiger partial charge on any atom is -0.444 e. The van der Waals surface area contributed by atoms with Gasteiger partial charge >= 0.3 is 6.09 Å². The Hall–Kier alpha value is -1.07. The maximum absolute atomic E-state index is 12.1. The lowest BCUT2D eigenvalue weighted by Crippen LogP contribution is -2.53. The second-order valence-electron chi connectivity index (χ2n) is 5.97. The van der Waals surface area contributed by atoms with E-state index in [9.17, 15) is 4.79 Å². The van der Waals surface area contributed by atoms with Crippen molar-refractivity contribution in [3.8, 4) is 0 Å². The van der Waals surface area contributed by atoms with Crippen LogP contribution in [0.2, 0.25) is 0 Å². The third kappa shape index (κ3) is 3.70. The maximum atomic E-state index is 12.1. The second kappa shape index (κ2) is 5.51. The Balaban J connectivity index is 2.13. The van der Waals surface area contributed by atoms with Gasteiger partial charge in [-0.3, -0.25) is 0 Å². The van der Waals surface area contributed by atoms with Crippen LogP contribution < -0.4 is 10.6 Å². The second-order valence-corrected chi connectivity index (χ2v) is 6.75. The van der Waals surface area contributed by atoms with Crippen LogP contribution in [-0.4, -0.2) is 24.8 Å². The van der Waals surface area contributed by atoms with Gasteiger partial charge in [-0.15, -0.1) is 0 Å². The van der Waals surface area contributed by atoms with Crippen LogP contribution in [0.1, 0.15) is 39.2 Å². The largest absolute Gasteiger partial charge is 0.444 e. The molecule has 0 aromatic carbocycles. The first-order valence-corrected chi connectivity index (χ1v) is 7.60. The van der Waals surface area contributed by atoms with Gasteiger partial charge in [0, 0.05) is 0 Å². The summed E-state index contributed by atoms with van der Waals surface area (Å²) in [5, 5.41) is 10.6. The van der Waals surface area contributed by atoms with Crippen LogP contribution in [0.3, 0.4) is 0 Å². The number of hydrogen-bond acceptors (Lipinski definition) is 4. The van der Waals surface area contributed by atoms with Gasteiger partial charge in [0.15, 0.2) is 0 Å². The standard InChI is InChI=1S/C14H22N2O2S/c1-13(2,3)18-12(17)16-14(5-7-15-8-6-14)11-4-9-19-10-11/h4,9-10,15H,5-8H2,1-3H3,(H,16,17). The quantitative estimate of drug-likeness (QED) is 0.877. The minimum atomic E-state index is -0.465. The van der Waals surface area contributed by atoms with Gasteiger partial charge in [0.1, 0.15) is 5.60 Å². The van der Waals surface area contributed by atoms with E-state index in [0.29, 0.717) is 0 Å². The molecule has 2 N–H and O–H groups in total. The molecule has 0 saturated carbocycles. The molecule has 0 radical (unpaired) electrons. The van der Waals surface area contributed by atoms with Crippen molar-refractivity contribution in [2.24, 2.45) is 0 Å².